The zero-order valence-corrected chi connectivity index (χ0v) is 14.4. The van der Waals surface area contributed by atoms with Crippen LogP contribution in [0, 0.1) is 5.92 Å². The molecule has 0 saturated carbocycles. The van der Waals surface area contributed by atoms with Crippen LogP contribution in [-0.4, -0.2) is 44.9 Å². The van der Waals surface area contributed by atoms with E-state index in [2.05, 4.69) is 26.3 Å². The highest BCUT2D eigenvalue weighted by molar-refractivity contribution is 9.10. The molecule has 0 spiro atoms. The maximum atomic E-state index is 12.3. The molecule has 1 fully saturated rings. The largest absolute Gasteiger partial charge is 0.481 e. The number of hydrogen-bond donors (Lipinski definition) is 2. The van der Waals surface area contributed by atoms with Crippen molar-refractivity contribution in [3.63, 3.8) is 0 Å². The van der Waals surface area contributed by atoms with Crippen molar-refractivity contribution in [1.29, 1.82) is 0 Å². The third-order valence-electron chi connectivity index (χ3n) is 3.97. The summed E-state index contributed by atoms with van der Waals surface area (Å²) in [5, 5.41) is 16.2. The van der Waals surface area contributed by atoms with Gasteiger partial charge < -0.3 is 10.0 Å². The van der Waals surface area contributed by atoms with E-state index < -0.39 is 11.9 Å². The normalized spacial score (nSPS) is 17.5. The van der Waals surface area contributed by atoms with Crippen molar-refractivity contribution < 1.29 is 14.7 Å². The van der Waals surface area contributed by atoms with E-state index in [1.807, 2.05) is 24.3 Å². The van der Waals surface area contributed by atoms with Crippen molar-refractivity contribution in [3.05, 3.63) is 41.0 Å². The molecule has 2 aromatic rings. The van der Waals surface area contributed by atoms with Crippen LogP contribution in [0.5, 0.6) is 0 Å². The standard InChI is InChI=1S/C16H17BrN4O3/c17-12-3-5-13(6-4-12)21-9-7-14(19-21)18-16(24)20-8-1-2-11(10-20)15(22)23/h3-7,9,11H,1-2,8,10H2,(H,22,23)(H,18,19,24). The molecule has 0 bridgehead atoms. The van der Waals surface area contributed by atoms with Crippen molar-refractivity contribution >= 4 is 33.7 Å². The summed E-state index contributed by atoms with van der Waals surface area (Å²) in [6.07, 6.45) is 3.06. The number of amides is 2. The molecule has 1 saturated heterocycles. The van der Waals surface area contributed by atoms with Crippen LogP contribution in [0.1, 0.15) is 12.8 Å². The summed E-state index contributed by atoms with van der Waals surface area (Å²) in [7, 11) is 0. The number of rotatable bonds is 3. The maximum Gasteiger partial charge on any atom is 0.323 e. The number of benzene rings is 1. The number of anilines is 1. The van der Waals surface area contributed by atoms with Crippen LogP contribution in [0.25, 0.3) is 5.69 Å². The highest BCUT2D eigenvalue weighted by atomic mass is 79.9. The van der Waals surface area contributed by atoms with Gasteiger partial charge in [-0.3, -0.25) is 10.1 Å². The van der Waals surface area contributed by atoms with Crippen molar-refractivity contribution in [2.45, 2.75) is 12.8 Å². The number of hydrogen-bond acceptors (Lipinski definition) is 3. The van der Waals surface area contributed by atoms with Crippen LogP contribution < -0.4 is 5.32 Å². The van der Waals surface area contributed by atoms with Gasteiger partial charge in [0.05, 0.1) is 11.6 Å². The number of aliphatic carboxylic acids is 1. The molecule has 2 amide bonds. The monoisotopic (exact) mass is 392 g/mol. The van der Waals surface area contributed by atoms with Crippen LogP contribution in [0.2, 0.25) is 0 Å². The molecule has 3 rings (SSSR count). The summed E-state index contributed by atoms with van der Waals surface area (Å²) in [6.45, 7) is 0.789. The van der Waals surface area contributed by atoms with Crippen molar-refractivity contribution in [1.82, 2.24) is 14.7 Å². The Balaban J connectivity index is 1.65. The number of urea groups is 1. The van der Waals surface area contributed by atoms with Gasteiger partial charge in [0.1, 0.15) is 0 Å². The van der Waals surface area contributed by atoms with Crippen LogP contribution in [0.3, 0.4) is 0 Å². The zero-order valence-electron chi connectivity index (χ0n) is 12.9. The molecule has 1 aliphatic heterocycles. The topological polar surface area (TPSA) is 87.5 Å². The molecule has 7 nitrogen and oxygen atoms in total. The molecular formula is C16H17BrN4O3. The van der Waals surface area contributed by atoms with E-state index in [1.165, 1.54) is 4.90 Å². The lowest BCUT2D eigenvalue weighted by atomic mass is 9.99. The Morgan fingerprint density at radius 2 is 2.00 bits per heavy atom. The summed E-state index contributed by atoms with van der Waals surface area (Å²) < 4.78 is 2.64. The average Bonchev–Trinajstić information content (AvgIpc) is 3.04. The van der Waals surface area contributed by atoms with Gasteiger partial charge in [0.15, 0.2) is 5.82 Å². The number of piperidine rings is 1. The predicted octanol–water partition coefficient (Wildman–Crippen LogP) is 2.96. The first kappa shape index (κ1) is 16.5. The lowest BCUT2D eigenvalue weighted by Crippen LogP contribution is -2.44. The van der Waals surface area contributed by atoms with Gasteiger partial charge >= 0.3 is 12.0 Å². The summed E-state index contributed by atoms with van der Waals surface area (Å²) in [4.78, 5) is 24.9. The first-order valence-corrected chi connectivity index (χ1v) is 8.42. The van der Waals surface area contributed by atoms with E-state index in [0.29, 0.717) is 25.2 Å². The lowest BCUT2D eigenvalue weighted by Gasteiger charge is -2.30. The molecule has 1 aliphatic rings. The van der Waals surface area contributed by atoms with Crippen LogP contribution in [0.4, 0.5) is 10.6 Å². The van der Waals surface area contributed by atoms with Crippen LogP contribution in [-0.2, 0) is 4.79 Å². The second-order valence-corrected chi connectivity index (χ2v) is 6.59. The molecule has 0 radical (unpaired) electrons. The van der Waals surface area contributed by atoms with Gasteiger partial charge in [-0.25, -0.2) is 9.48 Å². The number of carbonyl (C=O) groups excluding carboxylic acids is 1. The van der Waals surface area contributed by atoms with E-state index in [0.717, 1.165) is 10.2 Å². The zero-order chi connectivity index (χ0) is 17.1. The predicted molar refractivity (Wildman–Crippen MR) is 92.2 cm³/mol. The summed E-state index contributed by atoms with van der Waals surface area (Å²) in [6, 6.07) is 9.03. The highest BCUT2D eigenvalue weighted by Crippen LogP contribution is 2.18. The molecule has 1 aromatic heterocycles. The van der Waals surface area contributed by atoms with Crippen molar-refractivity contribution in [2.75, 3.05) is 18.4 Å². The van der Waals surface area contributed by atoms with Gasteiger partial charge in [0.2, 0.25) is 0 Å². The SMILES string of the molecule is O=C(O)C1CCCN(C(=O)Nc2ccn(-c3ccc(Br)cc3)n2)C1. The molecule has 24 heavy (non-hydrogen) atoms. The second kappa shape index (κ2) is 7.04. The summed E-state index contributed by atoms with van der Waals surface area (Å²) in [5.74, 6) is -0.919. The smallest absolute Gasteiger partial charge is 0.323 e. The molecule has 1 atom stereocenters. The number of carboxylic acids is 1. The fraction of sp³-hybridized carbons (Fsp3) is 0.312. The number of carbonyl (C=O) groups is 2. The first-order chi connectivity index (χ1) is 11.5. The fourth-order valence-electron chi connectivity index (χ4n) is 2.68. The minimum Gasteiger partial charge on any atom is -0.481 e. The number of halogens is 1. The minimum atomic E-state index is -0.855. The molecule has 2 N–H and O–H groups in total. The fourth-order valence-corrected chi connectivity index (χ4v) is 2.94. The first-order valence-electron chi connectivity index (χ1n) is 7.63. The Hall–Kier alpha value is -2.35. The van der Waals surface area contributed by atoms with Crippen LogP contribution >= 0.6 is 15.9 Å². The minimum absolute atomic E-state index is 0.231. The van der Waals surface area contributed by atoms with Crippen molar-refractivity contribution in [3.8, 4) is 5.69 Å². The van der Waals surface area contributed by atoms with E-state index in [4.69, 9.17) is 5.11 Å². The molecular weight excluding hydrogens is 376 g/mol. The average molecular weight is 393 g/mol. The quantitative estimate of drug-likeness (QED) is 0.840. The Labute approximate surface area is 147 Å². The number of carboxylic acid groups (broad SMARTS) is 1. The summed E-state index contributed by atoms with van der Waals surface area (Å²) in [5.41, 5.74) is 0.877. The number of aromatic nitrogens is 2. The van der Waals surface area contributed by atoms with Crippen LogP contribution in [0.15, 0.2) is 41.0 Å². The van der Waals surface area contributed by atoms with Gasteiger partial charge in [-0.1, -0.05) is 15.9 Å². The number of likely N-dealkylation sites (tertiary alicyclic amines) is 1. The number of nitrogens with one attached hydrogen (secondary N) is 1. The lowest BCUT2D eigenvalue weighted by molar-refractivity contribution is -0.143. The van der Waals surface area contributed by atoms with Gasteiger partial charge in [0, 0.05) is 29.8 Å². The van der Waals surface area contributed by atoms with E-state index >= 15 is 0 Å². The van der Waals surface area contributed by atoms with Crippen molar-refractivity contribution in [2.24, 2.45) is 5.92 Å². The molecule has 1 aromatic carbocycles. The molecule has 1 unspecified atom stereocenters. The maximum absolute atomic E-state index is 12.3. The van der Waals surface area contributed by atoms with Gasteiger partial charge in [0.25, 0.3) is 0 Å². The molecule has 126 valence electrons. The van der Waals surface area contributed by atoms with Gasteiger partial charge in [-0.15, -0.1) is 5.10 Å². The second-order valence-electron chi connectivity index (χ2n) is 5.68. The van der Waals surface area contributed by atoms with E-state index in [9.17, 15) is 9.59 Å². The Morgan fingerprint density at radius 1 is 1.25 bits per heavy atom. The third-order valence-corrected chi connectivity index (χ3v) is 4.50. The van der Waals surface area contributed by atoms with E-state index in [1.54, 1.807) is 16.9 Å². The molecule has 0 aliphatic carbocycles. The van der Waals surface area contributed by atoms with E-state index in [-0.39, 0.29) is 12.6 Å². The number of nitrogens with zero attached hydrogens (tertiary/aromatic N) is 3. The third kappa shape index (κ3) is 3.76. The highest BCUT2D eigenvalue weighted by Gasteiger charge is 2.28. The molecule has 8 heteroatoms. The Bertz CT molecular complexity index is 744. The molecule has 2 heterocycles. The Kier molecular flexibility index (Phi) is 4.84. The summed E-state index contributed by atoms with van der Waals surface area (Å²) >= 11 is 3.38. The van der Waals surface area contributed by atoms with Gasteiger partial charge in [-0.05, 0) is 37.1 Å². The van der Waals surface area contributed by atoms with Gasteiger partial charge in [-0.2, -0.15) is 0 Å². The Morgan fingerprint density at radius 3 is 2.71 bits per heavy atom.